The number of amides is 2. The Bertz CT molecular complexity index is 836. The third kappa shape index (κ3) is 4.77. The van der Waals surface area contributed by atoms with E-state index in [0.29, 0.717) is 11.4 Å². The number of nitrogens with one attached hydrogen (secondary N) is 2. The molecule has 0 unspecified atom stereocenters. The van der Waals surface area contributed by atoms with Gasteiger partial charge in [0.1, 0.15) is 5.02 Å². The summed E-state index contributed by atoms with van der Waals surface area (Å²) in [6.45, 7) is 3.54. The van der Waals surface area contributed by atoms with Crippen LogP contribution >= 0.6 is 11.6 Å². The first kappa shape index (κ1) is 18.4. The van der Waals surface area contributed by atoms with Crippen LogP contribution in [0.2, 0.25) is 5.02 Å². The summed E-state index contributed by atoms with van der Waals surface area (Å²) in [5, 5.41) is 16.2. The highest BCUT2D eigenvalue weighted by atomic mass is 35.5. The molecule has 2 aromatic rings. The second-order valence-corrected chi connectivity index (χ2v) is 6.01. The van der Waals surface area contributed by atoms with Crippen LogP contribution in [-0.2, 0) is 4.79 Å². The van der Waals surface area contributed by atoms with E-state index >= 15 is 0 Å². The molecule has 0 spiro atoms. The van der Waals surface area contributed by atoms with Gasteiger partial charge in [-0.15, -0.1) is 0 Å². The summed E-state index contributed by atoms with van der Waals surface area (Å²) < 4.78 is 0. The maximum absolute atomic E-state index is 12.3. The molecule has 0 aromatic heterocycles. The summed E-state index contributed by atoms with van der Waals surface area (Å²) in [4.78, 5) is 34.3. The molecule has 2 N–H and O–H groups in total. The highest BCUT2D eigenvalue weighted by Crippen LogP contribution is 2.25. The van der Waals surface area contributed by atoms with E-state index in [2.05, 4.69) is 10.6 Å². The van der Waals surface area contributed by atoms with Crippen LogP contribution in [0.4, 0.5) is 17.1 Å². The molecule has 0 aliphatic heterocycles. The minimum absolute atomic E-state index is 0.0417. The van der Waals surface area contributed by atoms with E-state index in [1.165, 1.54) is 12.1 Å². The zero-order valence-corrected chi connectivity index (χ0v) is 14.3. The van der Waals surface area contributed by atoms with Crippen molar-refractivity contribution in [3.8, 4) is 0 Å². The van der Waals surface area contributed by atoms with Crippen molar-refractivity contribution in [2.75, 3.05) is 10.6 Å². The van der Waals surface area contributed by atoms with Crippen molar-refractivity contribution in [1.29, 1.82) is 0 Å². The number of halogens is 1. The standard InChI is InChI=1S/C17H16ClN3O4/c1-10(2)16(22)19-12-4-3-5-13(9-12)20-17(23)11-6-7-14(18)15(8-11)21(24)25/h3-10H,1-2H3,(H,19,22)(H,20,23). The largest absolute Gasteiger partial charge is 0.326 e. The first-order valence-corrected chi connectivity index (χ1v) is 7.82. The van der Waals surface area contributed by atoms with Crippen LogP contribution < -0.4 is 10.6 Å². The van der Waals surface area contributed by atoms with Gasteiger partial charge in [-0.1, -0.05) is 31.5 Å². The fourth-order valence-corrected chi connectivity index (χ4v) is 2.14. The molecule has 2 amide bonds. The Kier molecular flexibility index (Phi) is 5.71. The highest BCUT2D eigenvalue weighted by molar-refractivity contribution is 6.32. The second-order valence-electron chi connectivity index (χ2n) is 5.60. The maximum atomic E-state index is 12.3. The zero-order chi connectivity index (χ0) is 18.6. The van der Waals surface area contributed by atoms with Gasteiger partial charge in [-0.25, -0.2) is 0 Å². The Balaban J connectivity index is 2.17. The molecule has 2 rings (SSSR count). The Morgan fingerprint density at radius 3 is 2.32 bits per heavy atom. The Morgan fingerprint density at radius 1 is 1.08 bits per heavy atom. The molecule has 7 nitrogen and oxygen atoms in total. The molecular formula is C17H16ClN3O4. The molecule has 0 heterocycles. The molecule has 0 saturated heterocycles. The number of hydrogen-bond donors (Lipinski definition) is 2. The van der Waals surface area contributed by atoms with E-state index in [1.54, 1.807) is 38.1 Å². The molecule has 0 aliphatic rings. The smallest absolute Gasteiger partial charge is 0.288 e. The average Bonchev–Trinajstić information content (AvgIpc) is 2.55. The van der Waals surface area contributed by atoms with Crippen LogP contribution in [0, 0.1) is 16.0 Å². The van der Waals surface area contributed by atoms with Crippen LogP contribution in [0.3, 0.4) is 0 Å². The number of nitro benzene ring substituents is 1. The first-order chi connectivity index (χ1) is 11.8. The summed E-state index contributed by atoms with van der Waals surface area (Å²) in [6, 6.07) is 10.4. The lowest BCUT2D eigenvalue weighted by atomic mass is 10.1. The van der Waals surface area contributed by atoms with Gasteiger partial charge in [-0.2, -0.15) is 0 Å². The highest BCUT2D eigenvalue weighted by Gasteiger charge is 2.16. The van der Waals surface area contributed by atoms with E-state index in [4.69, 9.17) is 11.6 Å². The third-order valence-electron chi connectivity index (χ3n) is 3.32. The Morgan fingerprint density at radius 2 is 1.72 bits per heavy atom. The molecule has 0 radical (unpaired) electrons. The normalized spacial score (nSPS) is 10.4. The minimum atomic E-state index is -0.652. The zero-order valence-electron chi connectivity index (χ0n) is 13.6. The van der Waals surface area contributed by atoms with Crippen molar-refractivity contribution in [3.05, 3.63) is 63.2 Å². The number of benzene rings is 2. The van der Waals surface area contributed by atoms with Crippen molar-refractivity contribution in [2.24, 2.45) is 5.92 Å². The summed E-state index contributed by atoms with van der Waals surface area (Å²) in [7, 11) is 0. The molecular weight excluding hydrogens is 346 g/mol. The van der Waals surface area contributed by atoms with E-state index in [9.17, 15) is 19.7 Å². The SMILES string of the molecule is CC(C)C(=O)Nc1cccc(NC(=O)c2ccc(Cl)c([N+](=O)[O-])c2)c1. The quantitative estimate of drug-likeness (QED) is 0.618. The molecule has 8 heteroatoms. The number of anilines is 2. The predicted molar refractivity (Wildman–Crippen MR) is 96.0 cm³/mol. The number of hydrogen-bond acceptors (Lipinski definition) is 4. The van der Waals surface area contributed by atoms with Crippen LogP contribution in [0.1, 0.15) is 24.2 Å². The summed E-state index contributed by atoms with van der Waals surface area (Å²) in [5.74, 6) is -0.836. The number of carbonyl (C=O) groups excluding carboxylic acids is 2. The maximum Gasteiger partial charge on any atom is 0.288 e. The van der Waals surface area contributed by atoms with Crippen molar-refractivity contribution < 1.29 is 14.5 Å². The predicted octanol–water partition coefficient (Wildman–Crippen LogP) is 4.10. The van der Waals surface area contributed by atoms with Gasteiger partial charge in [0, 0.05) is 28.9 Å². The second kappa shape index (κ2) is 7.76. The molecule has 0 saturated carbocycles. The van der Waals surface area contributed by atoms with Crippen LogP contribution in [0.5, 0.6) is 0 Å². The molecule has 25 heavy (non-hydrogen) atoms. The van der Waals surface area contributed by atoms with E-state index < -0.39 is 10.8 Å². The number of carbonyl (C=O) groups is 2. The van der Waals surface area contributed by atoms with Gasteiger partial charge in [0.15, 0.2) is 0 Å². The average molecular weight is 362 g/mol. The molecule has 130 valence electrons. The molecule has 0 aliphatic carbocycles. The van der Waals surface area contributed by atoms with E-state index in [-0.39, 0.29) is 28.1 Å². The topological polar surface area (TPSA) is 101 Å². The van der Waals surface area contributed by atoms with Crippen molar-refractivity contribution in [2.45, 2.75) is 13.8 Å². The lowest BCUT2D eigenvalue weighted by Crippen LogP contribution is -2.18. The summed E-state index contributed by atoms with van der Waals surface area (Å²) >= 11 is 5.74. The van der Waals surface area contributed by atoms with Gasteiger partial charge in [-0.3, -0.25) is 19.7 Å². The summed E-state index contributed by atoms with van der Waals surface area (Å²) in [5.41, 5.74) is 0.753. The lowest BCUT2D eigenvalue weighted by molar-refractivity contribution is -0.384. The first-order valence-electron chi connectivity index (χ1n) is 7.44. The molecule has 0 fully saturated rings. The fraction of sp³-hybridized carbons (Fsp3) is 0.176. The monoisotopic (exact) mass is 361 g/mol. The van der Waals surface area contributed by atoms with Crippen molar-refractivity contribution in [3.63, 3.8) is 0 Å². The molecule has 0 atom stereocenters. The van der Waals surface area contributed by atoms with Gasteiger partial charge in [0.2, 0.25) is 5.91 Å². The van der Waals surface area contributed by atoms with Gasteiger partial charge in [0.25, 0.3) is 11.6 Å². The van der Waals surface area contributed by atoms with Gasteiger partial charge in [0.05, 0.1) is 4.92 Å². The van der Waals surface area contributed by atoms with Gasteiger partial charge < -0.3 is 10.6 Å². The number of nitrogens with zero attached hydrogens (tertiary/aromatic N) is 1. The molecule has 2 aromatic carbocycles. The lowest BCUT2D eigenvalue weighted by Gasteiger charge is -2.10. The van der Waals surface area contributed by atoms with Gasteiger partial charge >= 0.3 is 0 Å². The third-order valence-corrected chi connectivity index (χ3v) is 3.64. The van der Waals surface area contributed by atoms with Crippen LogP contribution in [0.15, 0.2) is 42.5 Å². The van der Waals surface area contributed by atoms with Crippen LogP contribution in [0.25, 0.3) is 0 Å². The van der Waals surface area contributed by atoms with Crippen molar-refractivity contribution in [1.82, 2.24) is 0 Å². The van der Waals surface area contributed by atoms with E-state index in [0.717, 1.165) is 6.07 Å². The molecule has 0 bridgehead atoms. The Hall–Kier alpha value is -2.93. The van der Waals surface area contributed by atoms with Crippen molar-refractivity contribution >= 4 is 40.5 Å². The van der Waals surface area contributed by atoms with Gasteiger partial charge in [-0.05, 0) is 30.3 Å². The minimum Gasteiger partial charge on any atom is -0.326 e. The number of nitro groups is 1. The Labute approximate surface area is 149 Å². The van der Waals surface area contributed by atoms with E-state index in [1.807, 2.05) is 0 Å². The summed E-state index contributed by atoms with van der Waals surface area (Å²) in [6.07, 6.45) is 0. The van der Waals surface area contributed by atoms with Crippen LogP contribution in [-0.4, -0.2) is 16.7 Å². The number of rotatable bonds is 5. The fourth-order valence-electron chi connectivity index (χ4n) is 1.96.